The quantitative estimate of drug-likeness (QED) is 0.0804. The summed E-state index contributed by atoms with van der Waals surface area (Å²) in [6.07, 6.45) is 4.96. The van der Waals surface area contributed by atoms with Crippen molar-refractivity contribution in [3.63, 3.8) is 0 Å². The molecule has 2 heterocycles. The Morgan fingerprint density at radius 3 is 1.56 bits per heavy atom. The second-order valence-electron chi connectivity index (χ2n) is 11.5. The van der Waals surface area contributed by atoms with Crippen LogP contribution in [0.2, 0.25) is 0 Å². The molecule has 2 N–H and O–H groups in total. The second kappa shape index (κ2) is 16.7. The molecular formula is C38H38N6O6. The fourth-order valence-electron chi connectivity index (χ4n) is 4.93. The Bertz CT molecular complexity index is 2070. The predicted octanol–water partition coefficient (Wildman–Crippen LogP) is 6.36. The van der Waals surface area contributed by atoms with Crippen LogP contribution in [0.1, 0.15) is 37.3 Å². The van der Waals surface area contributed by atoms with Gasteiger partial charge in [0.2, 0.25) is 0 Å². The first-order valence-corrected chi connectivity index (χ1v) is 16.1. The maximum atomic E-state index is 11.3. The third kappa shape index (κ3) is 9.19. The molecule has 0 saturated heterocycles. The molecule has 12 heteroatoms. The van der Waals surface area contributed by atoms with Crippen molar-refractivity contribution in [2.24, 2.45) is 0 Å². The molecule has 50 heavy (non-hydrogen) atoms. The molecule has 0 amide bonds. The first-order valence-electron chi connectivity index (χ1n) is 16.1. The standard InChI is InChI=1S/C20H21N3O3.C18H17N3O3/c1-14(2)20(25)26-12-6-5-7-15-10-11-19(24)18(13-15)23-21-16-8-3-4-9-17(16)22-23;1-2-18(23)24-11-5-6-13-9-10-17(22)16(12-13)21-19-14-7-3-4-8-15(14)20-21/h3-4,8-11,13,24H,1,5-7,12H2,2H3;2-4,7-10,12,22H,1,5-6,11H2. The lowest BCUT2D eigenvalue weighted by atomic mass is 10.1. The topological polar surface area (TPSA) is 154 Å². The van der Waals surface area contributed by atoms with Gasteiger partial charge in [-0.15, -0.1) is 30.0 Å². The van der Waals surface area contributed by atoms with Gasteiger partial charge in [-0.3, -0.25) is 0 Å². The largest absolute Gasteiger partial charge is 0.506 e. The van der Waals surface area contributed by atoms with E-state index in [9.17, 15) is 19.8 Å². The zero-order chi connectivity index (χ0) is 35.5. The Morgan fingerprint density at radius 1 is 0.680 bits per heavy atom. The highest BCUT2D eigenvalue weighted by atomic mass is 16.5. The van der Waals surface area contributed by atoms with Crippen molar-refractivity contribution in [2.45, 2.75) is 39.0 Å². The molecule has 4 aromatic carbocycles. The summed E-state index contributed by atoms with van der Waals surface area (Å²) in [5, 5.41) is 37.9. The van der Waals surface area contributed by atoms with Crippen LogP contribution >= 0.6 is 0 Å². The summed E-state index contributed by atoms with van der Waals surface area (Å²) in [6.45, 7) is 9.24. The van der Waals surface area contributed by atoms with Crippen molar-refractivity contribution in [1.82, 2.24) is 30.0 Å². The molecule has 0 saturated carbocycles. The molecule has 0 spiro atoms. The molecule has 6 rings (SSSR count). The zero-order valence-corrected chi connectivity index (χ0v) is 27.7. The van der Waals surface area contributed by atoms with Crippen LogP contribution in [-0.2, 0) is 31.9 Å². The van der Waals surface area contributed by atoms with Crippen molar-refractivity contribution in [2.75, 3.05) is 13.2 Å². The number of hydrogen-bond acceptors (Lipinski definition) is 10. The van der Waals surface area contributed by atoms with Crippen molar-refractivity contribution >= 4 is 34.0 Å². The summed E-state index contributed by atoms with van der Waals surface area (Å²) in [5.41, 5.74) is 6.61. The van der Waals surface area contributed by atoms with Gasteiger partial charge in [-0.2, -0.15) is 0 Å². The highest BCUT2D eigenvalue weighted by Crippen LogP contribution is 2.25. The fraction of sp³-hybridized carbons (Fsp3) is 0.211. The molecule has 0 aliphatic heterocycles. The number of nitrogens with zero attached hydrogens (tertiary/aromatic N) is 6. The molecule has 0 aliphatic carbocycles. The van der Waals surface area contributed by atoms with Gasteiger partial charge in [-0.1, -0.05) is 49.6 Å². The molecule has 0 aliphatic rings. The van der Waals surface area contributed by atoms with E-state index in [0.717, 1.165) is 58.5 Å². The number of carbonyl (C=O) groups is 2. The molecule has 0 unspecified atom stereocenters. The number of esters is 2. The van der Waals surface area contributed by atoms with Crippen molar-refractivity contribution in [3.8, 4) is 22.9 Å². The van der Waals surface area contributed by atoms with Crippen molar-refractivity contribution < 1.29 is 29.3 Å². The summed E-state index contributed by atoms with van der Waals surface area (Å²) in [5.74, 6) is -0.538. The van der Waals surface area contributed by atoms with Crippen LogP contribution in [0.4, 0.5) is 0 Å². The predicted molar refractivity (Wildman–Crippen MR) is 189 cm³/mol. The van der Waals surface area contributed by atoms with E-state index >= 15 is 0 Å². The summed E-state index contributed by atoms with van der Waals surface area (Å²) < 4.78 is 10.0. The van der Waals surface area contributed by atoms with Crippen LogP contribution in [0, 0.1) is 0 Å². The summed E-state index contributed by atoms with van der Waals surface area (Å²) in [4.78, 5) is 25.2. The zero-order valence-electron chi connectivity index (χ0n) is 27.7. The van der Waals surface area contributed by atoms with Gasteiger partial charge in [0, 0.05) is 11.6 Å². The highest BCUT2D eigenvalue weighted by Gasteiger charge is 2.11. The maximum Gasteiger partial charge on any atom is 0.333 e. The van der Waals surface area contributed by atoms with E-state index in [-0.39, 0.29) is 17.5 Å². The lowest BCUT2D eigenvalue weighted by Gasteiger charge is -2.07. The van der Waals surface area contributed by atoms with Crippen LogP contribution in [0.15, 0.2) is 110 Å². The number of unbranched alkanes of at least 4 members (excludes halogenated alkanes) is 1. The Hall–Kier alpha value is -6.30. The van der Waals surface area contributed by atoms with Gasteiger partial charge < -0.3 is 19.7 Å². The summed E-state index contributed by atoms with van der Waals surface area (Å²) in [6, 6.07) is 25.8. The molecule has 0 atom stereocenters. The number of aryl methyl sites for hydroxylation is 2. The number of fused-ring (bicyclic) bond motifs is 2. The number of ether oxygens (including phenoxy) is 2. The number of aromatic hydroxyl groups is 2. The molecule has 256 valence electrons. The van der Waals surface area contributed by atoms with E-state index in [1.807, 2.05) is 72.8 Å². The van der Waals surface area contributed by atoms with Gasteiger partial charge in [-0.05, 0) is 98.7 Å². The molecule has 0 fully saturated rings. The van der Waals surface area contributed by atoms with Crippen LogP contribution in [0.25, 0.3) is 33.4 Å². The number of aromatic nitrogens is 6. The molecule has 12 nitrogen and oxygen atoms in total. The van der Waals surface area contributed by atoms with Gasteiger partial charge in [0.05, 0.1) is 13.2 Å². The maximum absolute atomic E-state index is 11.3. The van der Waals surface area contributed by atoms with Gasteiger partial charge >= 0.3 is 11.9 Å². The molecule has 2 aromatic heterocycles. The van der Waals surface area contributed by atoms with Crippen LogP contribution in [-0.4, -0.2) is 65.4 Å². The van der Waals surface area contributed by atoms with Gasteiger partial charge in [-0.25, -0.2) is 9.59 Å². The van der Waals surface area contributed by atoms with Gasteiger partial charge in [0.15, 0.2) is 0 Å². The number of phenols is 2. The molecular weight excluding hydrogens is 636 g/mol. The van der Waals surface area contributed by atoms with Gasteiger partial charge in [0.1, 0.15) is 44.9 Å². The average Bonchev–Trinajstić information content (AvgIpc) is 3.76. The number of phenolic OH excluding ortho intramolecular Hbond substituents is 2. The number of hydrogen-bond donors (Lipinski definition) is 2. The summed E-state index contributed by atoms with van der Waals surface area (Å²) in [7, 11) is 0. The van der Waals surface area contributed by atoms with E-state index < -0.39 is 5.97 Å². The molecule has 0 radical (unpaired) electrons. The van der Waals surface area contributed by atoms with Crippen LogP contribution < -0.4 is 0 Å². The molecule has 0 bridgehead atoms. The first-order chi connectivity index (χ1) is 24.2. The Labute approximate surface area is 288 Å². The Balaban J connectivity index is 0.000000195. The minimum absolute atomic E-state index is 0.108. The van der Waals surface area contributed by atoms with Crippen molar-refractivity contribution in [3.05, 3.63) is 121 Å². The highest BCUT2D eigenvalue weighted by molar-refractivity contribution is 5.86. The first kappa shape index (κ1) is 35.0. The molecule has 6 aromatic rings. The van der Waals surface area contributed by atoms with Crippen molar-refractivity contribution in [1.29, 1.82) is 0 Å². The van der Waals surface area contributed by atoms with E-state index in [4.69, 9.17) is 9.47 Å². The monoisotopic (exact) mass is 674 g/mol. The SMILES string of the molecule is C=C(C)C(=O)OCCCCc1ccc(O)c(-n2nc3ccccc3n2)c1.C=CC(=O)OCCCc1ccc(O)c(-n2nc3ccccc3n2)c1. The number of carbonyl (C=O) groups excluding carboxylic acids is 2. The van der Waals surface area contributed by atoms with Crippen LogP contribution in [0.5, 0.6) is 11.5 Å². The van der Waals surface area contributed by atoms with E-state index in [2.05, 4.69) is 33.6 Å². The third-order valence-electron chi connectivity index (χ3n) is 7.55. The second-order valence-corrected chi connectivity index (χ2v) is 11.5. The fourth-order valence-corrected chi connectivity index (χ4v) is 4.93. The Morgan fingerprint density at radius 2 is 1.12 bits per heavy atom. The van der Waals surface area contributed by atoms with E-state index in [1.54, 1.807) is 19.1 Å². The normalized spacial score (nSPS) is 10.7. The Kier molecular flexibility index (Phi) is 11.7. The third-order valence-corrected chi connectivity index (χ3v) is 7.55. The number of rotatable bonds is 13. The number of benzene rings is 4. The summed E-state index contributed by atoms with van der Waals surface area (Å²) >= 11 is 0. The minimum Gasteiger partial charge on any atom is -0.506 e. The minimum atomic E-state index is -0.422. The van der Waals surface area contributed by atoms with Crippen LogP contribution in [0.3, 0.4) is 0 Å². The van der Waals surface area contributed by atoms with Gasteiger partial charge in [0.25, 0.3) is 0 Å². The van der Waals surface area contributed by atoms with E-state index in [0.29, 0.717) is 43.0 Å². The lowest BCUT2D eigenvalue weighted by molar-refractivity contribution is -0.139. The smallest absolute Gasteiger partial charge is 0.333 e. The van der Waals surface area contributed by atoms with E-state index in [1.165, 1.54) is 9.59 Å². The lowest BCUT2D eigenvalue weighted by Crippen LogP contribution is -2.06. The average molecular weight is 675 g/mol.